The predicted molar refractivity (Wildman–Crippen MR) is 69.9 cm³/mol. The molecule has 102 valence electrons. The van der Waals surface area contributed by atoms with Gasteiger partial charge in [-0.1, -0.05) is 5.16 Å². The number of fused-ring (bicyclic) bond motifs is 1. The van der Waals surface area contributed by atoms with Gasteiger partial charge in [0.05, 0.1) is 6.20 Å². The van der Waals surface area contributed by atoms with Gasteiger partial charge in [0.15, 0.2) is 5.82 Å². The van der Waals surface area contributed by atoms with Crippen molar-refractivity contribution < 1.29 is 4.52 Å². The van der Waals surface area contributed by atoms with E-state index in [0.717, 1.165) is 19.3 Å². The molecule has 1 aliphatic rings. The van der Waals surface area contributed by atoms with Crippen LogP contribution in [-0.4, -0.2) is 29.9 Å². The first-order valence-electron chi connectivity index (χ1n) is 6.64. The summed E-state index contributed by atoms with van der Waals surface area (Å²) in [5.41, 5.74) is 2.59. The zero-order valence-corrected chi connectivity index (χ0v) is 11.1. The average molecular weight is 270 g/mol. The minimum absolute atomic E-state index is 0.258. The van der Waals surface area contributed by atoms with Gasteiger partial charge in [-0.05, 0) is 18.4 Å². The summed E-state index contributed by atoms with van der Waals surface area (Å²) >= 11 is 0. The number of imidazole rings is 1. The Hall–Kier alpha value is -2.44. The molecule has 0 saturated carbocycles. The van der Waals surface area contributed by atoms with E-state index in [4.69, 9.17) is 4.52 Å². The van der Waals surface area contributed by atoms with E-state index in [0.29, 0.717) is 17.5 Å². The van der Waals surface area contributed by atoms with E-state index in [-0.39, 0.29) is 5.92 Å². The van der Waals surface area contributed by atoms with Crippen LogP contribution in [0.3, 0.4) is 0 Å². The van der Waals surface area contributed by atoms with Crippen molar-refractivity contribution in [1.29, 1.82) is 0 Å². The molecular weight excluding hydrogens is 256 g/mol. The Kier molecular flexibility index (Phi) is 2.45. The number of nitrogens with zero attached hydrogens (tertiary/aromatic N) is 5. The second kappa shape index (κ2) is 4.29. The molecule has 0 fully saturated rings. The molecule has 0 bridgehead atoms. The van der Waals surface area contributed by atoms with E-state index in [2.05, 4.69) is 25.2 Å². The molecule has 0 aliphatic heterocycles. The van der Waals surface area contributed by atoms with E-state index in [1.54, 1.807) is 12.4 Å². The third-order valence-electron chi connectivity index (χ3n) is 3.85. The molecule has 0 spiro atoms. The molecule has 0 amide bonds. The number of rotatable bonds is 2. The average Bonchev–Trinajstić information content (AvgIpc) is 3.18. The van der Waals surface area contributed by atoms with Gasteiger partial charge in [0.1, 0.15) is 0 Å². The van der Waals surface area contributed by atoms with Crippen LogP contribution in [0.25, 0.3) is 11.6 Å². The molecule has 1 aliphatic carbocycles. The molecule has 3 aromatic rings. The highest BCUT2D eigenvalue weighted by Gasteiger charge is 2.27. The topological polar surface area (TPSA) is 85.4 Å². The van der Waals surface area contributed by atoms with Gasteiger partial charge in [0.2, 0.25) is 11.7 Å². The number of hydrogen-bond acceptors (Lipinski definition) is 5. The third-order valence-corrected chi connectivity index (χ3v) is 3.85. The van der Waals surface area contributed by atoms with Crippen LogP contribution in [0.5, 0.6) is 0 Å². The molecule has 20 heavy (non-hydrogen) atoms. The van der Waals surface area contributed by atoms with Crippen LogP contribution in [0.4, 0.5) is 0 Å². The lowest BCUT2D eigenvalue weighted by Gasteiger charge is -2.19. The quantitative estimate of drug-likeness (QED) is 0.762. The highest BCUT2D eigenvalue weighted by molar-refractivity contribution is 5.41. The predicted octanol–water partition coefficient (Wildman–Crippen LogP) is 1.47. The number of aromatic amines is 1. The summed E-state index contributed by atoms with van der Waals surface area (Å²) in [5.74, 6) is 2.09. The van der Waals surface area contributed by atoms with Crippen molar-refractivity contribution >= 4 is 0 Å². The van der Waals surface area contributed by atoms with Crippen LogP contribution in [0, 0.1) is 0 Å². The summed E-state index contributed by atoms with van der Waals surface area (Å²) in [6.45, 7) is 0. The molecule has 7 heteroatoms. The smallest absolute Gasteiger partial charge is 0.238 e. The molecule has 1 N–H and O–H groups in total. The Morgan fingerprint density at radius 2 is 2.40 bits per heavy atom. The van der Waals surface area contributed by atoms with E-state index in [1.807, 2.05) is 17.9 Å². The van der Waals surface area contributed by atoms with Crippen molar-refractivity contribution in [2.75, 3.05) is 0 Å². The van der Waals surface area contributed by atoms with Crippen LogP contribution in [0.2, 0.25) is 0 Å². The minimum Gasteiger partial charge on any atom is -0.342 e. The molecule has 7 nitrogen and oxygen atoms in total. The van der Waals surface area contributed by atoms with E-state index < -0.39 is 0 Å². The molecule has 1 unspecified atom stereocenters. The summed E-state index contributed by atoms with van der Waals surface area (Å²) < 4.78 is 7.34. The summed E-state index contributed by atoms with van der Waals surface area (Å²) in [7, 11) is 1.98. The van der Waals surface area contributed by atoms with Gasteiger partial charge in [-0.25, -0.2) is 4.98 Å². The van der Waals surface area contributed by atoms with Crippen molar-refractivity contribution in [3.8, 4) is 11.6 Å². The van der Waals surface area contributed by atoms with Crippen LogP contribution >= 0.6 is 0 Å². The number of nitrogens with one attached hydrogen (secondary N) is 1. The maximum Gasteiger partial charge on any atom is 0.238 e. The monoisotopic (exact) mass is 270 g/mol. The van der Waals surface area contributed by atoms with Crippen LogP contribution in [0.15, 0.2) is 23.1 Å². The maximum absolute atomic E-state index is 5.41. The minimum atomic E-state index is 0.258. The van der Waals surface area contributed by atoms with E-state index in [1.165, 1.54) is 11.3 Å². The highest BCUT2D eigenvalue weighted by Crippen LogP contribution is 2.32. The normalized spacial score (nSPS) is 18.1. The van der Waals surface area contributed by atoms with Crippen molar-refractivity contribution in [3.05, 3.63) is 35.7 Å². The second-order valence-electron chi connectivity index (χ2n) is 5.07. The number of aromatic nitrogens is 6. The summed E-state index contributed by atoms with van der Waals surface area (Å²) in [4.78, 5) is 11.6. The van der Waals surface area contributed by atoms with Gasteiger partial charge in [-0.2, -0.15) is 10.1 Å². The van der Waals surface area contributed by atoms with Gasteiger partial charge in [-0.15, -0.1) is 0 Å². The van der Waals surface area contributed by atoms with Gasteiger partial charge in [0, 0.05) is 37.5 Å². The molecule has 3 heterocycles. The number of hydrogen-bond donors (Lipinski definition) is 1. The molecular formula is C13H14N6O. The second-order valence-corrected chi connectivity index (χ2v) is 5.07. The maximum atomic E-state index is 5.41. The molecule has 3 aromatic heterocycles. The molecule has 0 saturated heterocycles. The Morgan fingerprint density at radius 1 is 1.45 bits per heavy atom. The number of aryl methyl sites for hydroxylation is 2. The summed E-state index contributed by atoms with van der Waals surface area (Å²) in [6, 6.07) is 0. The standard InChI is InChI=1S/C13H14N6O/c1-19-10-6-8(2-3-9(10)7-16-19)13-17-12(18-20-13)11-14-4-5-15-11/h4-5,7-8H,2-3,6H2,1H3,(H,14,15). The molecule has 0 radical (unpaired) electrons. The van der Waals surface area contributed by atoms with Crippen molar-refractivity contribution in [2.45, 2.75) is 25.2 Å². The van der Waals surface area contributed by atoms with Crippen LogP contribution in [-0.2, 0) is 19.9 Å². The van der Waals surface area contributed by atoms with Gasteiger partial charge in [0.25, 0.3) is 0 Å². The molecule has 4 rings (SSSR count). The number of H-pyrrole nitrogens is 1. The van der Waals surface area contributed by atoms with E-state index >= 15 is 0 Å². The van der Waals surface area contributed by atoms with Crippen molar-refractivity contribution in [1.82, 2.24) is 29.9 Å². The van der Waals surface area contributed by atoms with Crippen molar-refractivity contribution in [3.63, 3.8) is 0 Å². The first-order valence-corrected chi connectivity index (χ1v) is 6.64. The fraction of sp³-hybridized carbons (Fsp3) is 0.385. The van der Waals surface area contributed by atoms with Crippen molar-refractivity contribution in [2.24, 2.45) is 7.05 Å². The van der Waals surface area contributed by atoms with Crippen LogP contribution < -0.4 is 0 Å². The highest BCUT2D eigenvalue weighted by atomic mass is 16.5. The SMILES string of the molecule is Cn1ncc2c1CC(c1nc(-c3ncc[nH]3)no1)CC2. The Bertz CT molecular complexity index is 726. The largest absolute Gasteiger partial charge is 0.342 e. The first-order chi connectivity index (χ1) is 9.81. The fourth-order valence-corrected chi connectivity index (χ4v) is 2.74. The molecule has 1 atom stereocenters. The lowest BCUT2D eigenvalue weighted by Crippen LogP contribution is -2.15. The van der Waals surface area contributed by atoms with E-state index in [9.17, 15) is 0 Å². The molecule has 0 aromatic carbocycles. The zero-order chi connectivity index (χ0) is 13.5. The summed E-state index contributed by atoms with van der Waals surface area (Å²) in [6.07, 6.45) is 8.28. The third kappa shape index (κ3) is 1.74. The fourth-order valence-electron chi connectivity index (χ4n) is 2.74. The lowest BCUT2D eigenvalue weighted by molar-refractivity contribution is 0.338. The Morgan fingerprint density at radius 3 is 3.25 bits per heavy atom. The van der Waals surface area contributed by atoms with Gasteiger partial charge < -0.3 is 9.51 Å². The lowest BCUT2D eigenvalue weighted by atomic mass is 9.88. The zero-order valence-electron chi connectivity index (χ0n) is 11.1. The Labute approximate surface area is 115 Å². The van der Waals surface area contributed by atoms with Gasteiger partial charge >= 0.3 is 0 Å². The van der Waals surface area contributed by atoms with Gasteiger partial charge in [-0.3, -0.25) is 4.68 Å². The first kappa shape index (κ1) is 11.4. The van der Waals surface area contributed by atoms with Crippen LogP contribution in [0.1, 0.15) is 29.5 Å². The Balaban J connectivity index is 1.62. The summed E-state index contributed by atoms with van der Waals surface area (Å²) in [5, 5.41) is 8.30.